The van der Waals surface area contributed by atoms with Crippen LogP contribution in [0.25, 0.3) is 21.8 Å². The second-order valence-electron chi connectivity index (χ2n) is 4.37. The molecular formula is C14H14N2O. The summed E-state index contributed by atoms with van der Waals surface area (Å²) in [6, 6.07) is 12.0. The summed E-state index contributed by atoms with van der Waals surface area (Å²) in [6.45, 7) is 1.72. The molecule has 0 aliphatic carbocycles. The van der Waals surface area contributed by atoms with E-state index >= 15 is 0 Å². The van der Waals surface area contributed by atoms with Crippen molar-refractivity contribution in [2.45, 2.75) is 13.0 Å². The fourth-order valence-corrected chi connectivity index (χ4v) is 2.29. The van der Waals surface area contributed by atoms with Gasteiger partial charge in [0.1, 0.15) is 0 Å². The number of fused-ring (bicyclic) bond motifs is 3. The van der Waals surface area contributed by atoms with Crippen LogP contribution in [0, 0.1) is 0 Å². The highest BCUT2D eigenvalue weighted by molar-refractivity contribution is 6.08. The quantitative estimate of drug-likeness (QED) is 0.558. The van der Waals surface area contributed by atoms with Gasteiger partial charge in [0, 0.05) is 33.1 Å². The Labute approximate surface area is 98.9 Å². The van der Waals surface area contributed by atoms with E-state index in [1.54, 1.807) is 6.92 Å². The molecule has 0 radical (unpaired) electrons. The highest BCUT2D eigenvalue weighted by Crippen LogP contribution is 2.31. The molecule has 0 saturated heterocycles. The zero-order valence-electron chi connectivity index (χ0n) is 9.57. The van der Waals surface area contributed by atoms with Crippen molar-refractivity contribution in [3.8, 4) is 0 Å². The van der Waals surface area contributed by atoms with Crippen molar-refractivity contribution in [2.75, 3.05) is 5.73 Å². The van der Waals surface area contributed by atoms with Gasteiger partial charge >= 0.3 is 0 Å². The van der Waals surface area contributed by atoms with Crippen LogP contribution in [0.4, 0.5) is 5.69 Å². The summed E-state index contributed by atoms with van der Waals surface area (Å²) < 4.78 is 0. The fraction of sp³-hybridized carbons (Fsp3) is 0.143. The van der Waals surface area contributed by atoms with E-state index < -0.39 is 6.10 Å². The summed E-state index contributed by atoms with van der Waals surface area (Å²) >= 11 is 0. The zero-order chi connectivity index (χ0) is 12.0. The molecule has 0 saturated carbocycles. The summed E-state index contributed by atoms with van der Waals surface area (Å²) in [5.41, 5.74) is 9.47. The first kappa shape index (κ1) is 10.2. The Bertz CT molecular complexity index is 698. The number of aromatic nitrogens is 1. The smallest absolute Gasteiger partial charge is 0.0782 e. The minimum Gasteiger partial charge on any atom is -0.398 e. The maximum atomic E-state index is 9.64. The zero-order valence-corrected chi connectivity index (χ0v) is 9.57. The third-order valence-corrected chi connectivity index (χ3v) is 3.16. The Balaban J connectivity index is 2.42. The SMILES string of the molecule is CC(O)c1cc2[nH]c3ccccc3c2cc1N. The van der Waals surface area contributed by atoms with E-state index in [2.05, 4.69) is 11.1 Å². The summed E-state index contributed by atoms with van der Waals surface area (Å²) in [7, 11) is 0. The molecule has 0 bridgehead atoms. The molecule has 86 valence electrons. The van der Waals surface area contributed by atoms with Gasteiger partial charge in [-0.2, -0.15) is 0 Å². The highest BCUT2D eigenvalue weighted by Gasteiger charge is 2.10. The van der Waals surface area contributed by atoms with Gasteiger partial charge < -0.3 is 15.8 Å². The van der Waals surface area contributed by atoms with Crippen LogP contribution in [-0.4, -0.2) is 10.1 Å². The number of nitrogens with two attached hydrogens (primary N) is 1. The number of nitrogens with one attached hydrogen (secondary N) is 1. The van der Waals surface area contributed by atoms with Crippen molar-refractivity contribution in [3.63, 3.8) is 0 Å². The fourth-order valence-electron chi connectivity index (χ4n) is 2.29. The van der Waals surface area contributed by atoms with E-state index in [-0.39, 0.29) is 0 Å². The van der Waals surface area contributed by atoms with E-state index in [0.717, 1.165) is 27.4 Å². The first-order valence-corrected chi connectivity index (χ1v) is 5.64. The lowest BCUT2D eigenvalue weighted by Gasteiger charge is -2.08. The first-order valence-electron chi connectivity index (χ1n) is 5.64. The molecule has 0 spiro atoms. The number of anilines is 1. The summed E-state index contributed by atoms with van der Waals surface area (Å²) in [5, 5.41) is 11.9. The van der Waals surface area contributed by atoms with Crippen molar-refractivity contribution in [3.05, 3.63) is 42.0 Å². The Morgan fingerprint density at radius 3 is 2.65 bits per heavy atom. The molecule has 1 heterocycles. The predicted octanol–water partition coefficient (Wildman–Crippen LogP) is 2.96. The van der Waals surface area contributed by atoms with E-state index in [0.29, 0.717) is 5.69 Å². The number of H-pyrrole nitrogens is 1. The van der Waals surface area contributed by atoms with Crippen molar-refractivity contribution in [1.29, 1.82) is 0 Å². The van der Waals surface area contributed by atoms with Crippen molar-refractivity contribution in [1.82, 2.24) is 4.98 Å². The number of hydrogen-bond acceptors (Lipinski definition) is 2. The lowest BCUT2D eigenvalue weighted by molar-refractivity contribution is 0.200. The summed E-state index contributed by atoms with van der Waals surface area (Å²) in [5.74, 6) is 0. The average Bonchev–Trinajstić information content (AvgIpc) is 2.65. The maximum Gasteiger partial charge on any atom is 0.0782 e. The third-order valence-electron chi connectivity index (χ3n) is 3.16. The molecule has 0 aliphatic heterocycles. The monoisotopic (exact) mass is 226 g/mol. The van der Waals surface area contributed by atoms with E-state index in [1.807, 2.05) is 30.3 Å². The van der Waals surface area contributed by atoms with E-state index in [4.69, 9.17) is 5.73 Å². The molecule has 3 nitrogen and oxygen atoms in total. The Morgan fingerprint density at radius 1 is 1.12 bits per heavy atom. The molecule has 0 fully saturated rings. The van der Waals surface area contributed by atoms with E-state index in [1.165, 1.54) is 0 Å². The number of nitrogen functional groups attached to an aromatic ring is 1. The van der Waals surface area contributed by atoms with Gasteiger partial charge in [0.2, 0.25) is 0 Å². The number of para-hydroxylation sites is 1. The number of hydrogen-bond donors (Lipinski definition) is 3. The van der Waals surface area contributed by atoms with Gasteiger partial charge in [-0.15, -0.1) is 0 Å². The van der Waals surface area contributed by atoms with Crippen LogP contribution in [-0.2, 0) is 0 Å². The minimum atomic E-state index is -0.550. The van der Waals surface area contributed by atoms with Crippen LogP contribution in [0.2, 0.25) is 0 Å². The van der Waals surface area contributed by atoms with Gasteiger partial charge in [0.25, 0.3) is 0 Å². The molecular weight excluding hydrogens is 212 g/mol. The van der Waals surface area contributed by atoms with Gasteiger partial charge in [-0.05, 0) is 25.1 Å². The molecule has 17 heavy (non-hydrogen) atoms. The Kier molecular flexibility index (Phi) is 2.09. The molecule has 1 unspecified atom stereocenters. The summed E-state index contributed by atoms with van der Waals surface area (Å²) in [4.78, 5) is 3.33. The van der Waals surface area contributed by atoms with Crippen LogP contribution in [0.5, 0.6) is 0 Å². The predicted molar refractivity (Wildman–Crippen MR) is 70.9 cm³/mol. The second-order valence-corrected chi connectivity index (χ2v) is 4.37. The highest BCUT2D eigenvalue weighted by atomic mass is 16.3. The van der Waals surface area contributed by atoms with Gasteiger partial charge in [-0.25, -0.2) is 0 Å². The van der Waals surface area contributed by atoms with Gasteiger partial charge in [0.15, 0.2) is 0 Å². The molecule has 0 amide bonds. The topological polar surface area (TPSA) is 62.0 Å². The van der Waals surface area contributed by atoms with Gasteiger partial charge in [-0.1, -0.05) is 18.2 Å². The Hall–Kier alpha value is -2.00. The van der Waals surface area contributed by atoms with Crippen LogP contribution < -0.4 is 5.73 Å². The lowest BCUT2D eigenvalue weighted by Crippen LogP contribution is -1.98. The number of rotatable bonds is 1. The molecule has 2 aromatic carbocycles. The number of aliphatic hydroxyl groups is 1. The molecule has 1 aromatic heterocycles. The molecule has 4 N–H and O–H groups in total. The molecule has 3 rings (SSSR count). The van der Waals surface area contributed by atoms with Crippen molar-refractivity contribution in [2.24, 2.45) is 0 Å². The standard InChI is InChI=1S/C14H14N2O/c1-8(17)10-7-14-11(6-12(10)15)9-4-2-3-5-13(9)16-14/h2-8,16-17H,15H2,1H3. The van der Waals surface area contributed by atoms with E-state index in [9.17, 15) is 5.11 Å². The number of aliphatic hydroxyl groups excluding tert-OH is 1. The Morgan fingerprint density at radius 2 is 1.88 bits per heavy atom. The van der Waals surface area contributed by atoms with Crippen LogP contribution >= 0.6 is 0 Å². The third kappa shape index (κ3) is 1.47. The number of aromatic amines is 1. The maximum absolute atomic E-state index is 9.64. The lowest BCUT2D eigenvalue weighted by atomic mass is 10.0. The van der Waals surface area contributed by atoms with Gasteiger partial charge in [-0.3, -0.25) is 0 Å². The van der Waals surface area contributed by atoms with Crippen LogP contribution in [0.15, 0.2) is 36.4 Å². The molecule has 3 aromatic rings. The average molecular weight is 226 g/mol. The molecule has 1 atom stereocenters. The van der Waals surface area contributed by atoms with Crippen LogP contribution in [0.1, 0.15) is 18.6 Å². The second kappa shape index (κ2) is 3.50. The summed E-state index contributed by atoms with van der Waals surface area (Å²) in [6.07, 6.45) is -0.550. The molecule has 3 heteroatoms. The first-order chi connectivity index (χ1) is 8.16. The number of benzene rings is 2. The molecule has 0 aliphatic rings. The van der Waals surface area contributed by atoms with Crippen molar-refractivity contribution >= 4 is 27.5 Å². The minimum absolute atomic E-state index is 0.550. The van der Waals surface area contributed by atoms with Crippen molar-refractivity contribution < 1.29 is 5.11 Å². The largest absolute Gasteiger partial charge is 0.398 e. The van der Waals surface area contributed by atoms with Gasteiger partial charge in [0.05, 0.1) is 6.10 Å². The normalized spacial score (nSPS) is 13.3. The van der Waals surface area contributed by atoms with Crippen LogP contribution in [0.3, 0.4) is 0 Å².